The summed E-state index contributed by atoms with van der Waals surface area (Å²) in [5.41, 5.74) is -0.0850. The molecule has 102 valence electrons. The Balaban J connectivity index is 2.10. The molecule has 0 amide bonds. The van der Waals surface area contributed by atoms with E-state index in [9.17, 15) is 5.26 Å². The fourth-order valence-corrected chi connectivity index (χ4v) is 3.66. The molecule has 0 aromatic carbocycles. The molecule has 1 saturated heterocycles. The van der Waals surface area contributed by atoms with Crippen LogP contribution in [0.4, 0.5) is 0 Å². The van der Waals surface area contributed by atoms with Crippen LogP contribution in [0.3, 0.4) is 0 Å². The Labute approximate surface area is 111 Å². The van der Waals surface area contributed by atoms with E-state index in [0.717, 1.165) is 25.4 Å². The van der Waals surface area contributed by atoms with Crippen molar-refractivity contribution in [1.29, 1.82) is 5.26 Å². The maximum atomic E-state index is 9.37. The van der Waals surface area contributed by atoms with E-state index in [1.165, 1.54) is 12.8 Å². The minimum atomic E-state index is -0.0850. The van der Waals surface area contributed by atoms with Gasteiger partial charge < -0.3 is 4.74 Å². The highest BCUT2D eigenvalue weighted by Gasteiger charge is 2.39. The monoisotopic (exact) mass is 250 g/mol. The van der Waals surface area contributed by atoms with E-state index in [1.807, 2.05) is 0 Å². The van der Waals surface area contributed by atoms with Gasteiger partial charge in [0, 0.05) is 19.1 Å². The smallest absolute Gasteiger partial charge is 0.0757 e. The van der Waals surface area contributed by atoms with Gasteiger partial charge >= 0.3 is 0 Å². The third kappa shape index (κ3) is 3.05. The molecular weight excluding hydrogens is 224 g/mol. The van der Waals surface area contributed by atoms with Crippen molar-refractivity contribution in [1.82, 2.24) is 4.90 Å². The van der Waals surface area contributed by atoms with E-state index in [0.29, 0.717) is 6.04 Å². The SMILES string of the molecule is CC1CCC(C#N)C(N2CC(C)OC(C)(C)C2)C1. The topological polar surface area (TPSA) is 36.3 Å². The Morgan fingerprint density at radius 2 is 2.00 bits per heavy atom. The first-order valence-corrected chi connectivity index (χ1v) is 7.23. The molecule has 4 unspecified atom stereocenters. The lowest BCUT2D eigenvalue weighted by molar-refractivity contribution is -0.144. The molecule has 1 aliphatic carbocycles. The van der Waals surface area contributed by atoms with Crippen molar-refractivity contribution in [3.63, 3.8) is 0 Å². The van der Waals surface area contributed by atoms with E-state index in [4.69, 9.17) is 4.74 Å². The Bertz CT molecular complexity index is 334. The van der Waals surface area contributed by atoms with Gasteiger partial charge in [0.2, 0.25) is 0 Å². The van der Waals surface area contributed by atoms with Gasteiger partial charge in [0.05, 0.1) is 23.7 Å². The van der Waals surface area contributed by atoms with Crippen LogP contribution in [0.5, 0.6) is 0 Å². The highest BCUT2D eigenvalue weighted by molar-refractivity contribution is 4.99. The summed E-state index contributed by atoms with van der Waals surface area (Å²) in [6, 6.07) is 2.97. The number of nitrogens with zero attached hydrogens (tertiary/aromatic N) is 2. The predicted molar refractivity (Wildman–Crippen MR) is 72.1 cm³/mol. The lowest BCUT2D eigenvalue weighted by Crippen LogP contribution is -2.57. The fourth-order valence-electron chi connectivity index (χ4n) is 3.66. The van der Waals surface area contributed by atoms with Crippen molar-refractivity contribution in [2.75, 3.05) is 13.1 Å². The maximum Gasteiger partial charge on any atom is 0.0757 e. The van der Waals surface area contributed by atoms with Crippen LogP contribution in [0.25, 0.3) is 0 Å². The molecule has 1 saturated carbocycles. The number of morpholine rings is 1. The van der Waals surface area contributed by atoms with Crippen LogP contribution < -0.4 is 0 Å². The van der Waals surface area contributed by atoms with Crippen molar-refractivity contribution >= 4 is 0 Å². The zero-order valence-electron chi connectivity index (χ0n) is 12.1. The van der Waals surface area contributed by atoms with Gasteiger partial charge in [0.1, 0.15) is 0 Å². The molecule has 1 heterocycles. The van der Waals surface area contributed by atoms with Crippen LogP contribution in [0.2, 0.25) is 0 Å². The molecule has 18 heavy (non-hydrogen) atoms. The Morgan fingerprint density at radius 3 is 2.61 bits per heavy atom. The molecule has 0 aromatic rings. The highest BCUT2D eigenvalue weighted by atomic mass is 16.5. The number of hydrogen-bond donors (Lipinski definition) is 0. The highest BCUT2D eigenvalue weighted by Crippen LogP contribution is 2.34. The number of ether oxygens (including phenoxy) is 1. The summed E-state index contributed by atoms with van der Waals surface area (Å²) in [6.45, 7) is 10.7. The first-order valence-electron chi connectivity index (χ1n) is 7.23. The molecule has 3 nitrogen and oxygen atoms in total. The molecule has 4 atom stereocenters. The summed E-state index contributed by atoms with van der Waals surface area (Å²) in [4.78, 5) is 2.51. The molecule has 2 aliphatic rings. The average Bonchev–Trinajstić information content (AvgIpc) is 2.26. The quantitative estimate of drug-likeness (QED) is 0.718. The summed E-state index contributed by atoms with van der Waals surface area (Å²) in [5.74, 6) is 0.961. The molecular formula is C15H26N2O. The third-order valence-corrected chi connectivity index (χ3v) is 4.31. The van der Waals surface area contributed by atoms with E-state index >= 15 is 0 Å². The second-order valence-electron chi connectivity index (χ2n) is 6.84. The molecule has 1 aliphatic heterocycles. The first-order chi connectivity index (χ1) is 8.41. The van der Waals surface area contributed by atoms with E-state index in [-0.39, 0.29) is 17.6 Å². The molecule has 0 radical (unpaired) electrons. The maximum absolute atomic E-state index is 9.37. The molecule has 3 heteroatoms. The van der Waals surface area contributed by atoms with Crippen LogP contribution in [-0.4, -0.2) is 35.7 Å². The molecule has 2 rings (SSSR count). The van der Waals surface area contributed by atoms with Gasteiger partial charge in [-0.2, -0.15) is 5.26 Å². The van der Waals surface area contributed by atoms with Gasteiger partial charge in [-0.05, 0) is 46.0 Å². The van der Waals surface area contributed by atoms with Gasteiger partial charge in [-0.25, -0.2) is 0 Å². The van der Waals surface area contributed by atoms with Crippen molar-refractivity contribution in [2.45, 2.75) is 64.7 Å². The summed E-state index contributed by atoms with van der Waals surface area (Å²) in [7, 11) is 0. The van der Waals surface area contributed by atoms with Crippen molar-refractivity contribution in [3.05, 3.63) is 0 Å². The lowest BCUT2D eigenvalue weighted by atomic mass is 9.78. The lowest BCUT2D eigenvalue weighted by Gasteiger charge is -2.48. The summed E-state index contributed by atoms with van der Waals surface area (Å²) < 4.78 is 5.97. The van der Waals surface area contributed by atoms with Crippen LogP contribution in [0, 0.1) is 23.2 Å². The summed E-state index contributed by atoms with van der Waals surface area (Å²) >= 11 is 0. The third-order valence-electron chi connectivity index (χ3n) is 4.31. The van der Waals surface area contributed by atoms with Crippen LogP contribution in [-0.2, 0) is 4.74 Å². The van der Waals surface area contributed by atoms with Gasteiger partial charge in [-0.3, -0.25) is 4.90 Å². The number of rotatable bonds is 1. The van der Waals surface area contributed by atoms with Crippen molar-refractivity contribution < 1.29 is 4.74 Å². The Hall–Kier alpha value is -0.590. The standard InChI is InChI=1S/C15H26N2O/c1-11-5-6-13(8-16)14(7-11)17-9-12(2)18-15(3,4)10-17/h11-14H,5-7,9-10H2,1-4H3. The number of nitriles is 1. The second kappa shape index (κ2) is 5.19. The minimum absolute atomic E-state index is 0.0850. The van der Waals surface area contributed by atoms with Crippen molar-refractivity contribution in [2.24, 2.45) is 11.8 Å². The van der Waals surface area contributed by atoms with Gasteiger partial charge in [0.15, 0.2) is 0 Å². The number of hydrogen-bond acceptors (Lipinski definition) is 3. The Morgan fingerprint density at radius 1 is 1.28 bits per heavy atom. The average molecular weight is 250 g/mol. The van der Waals surface area contributed by atoms with E-state index in [1.54, 1.807) is 0 Å². The van der Waals surface area contributed by atoms with Crippen molar-refractivity contribution in [3.8, 4) is 6.07 Å². The summed E-state index contributed by atoms with van der Waals surface area (Å²) in [5, 5.41) is 9.37. The zero-order valence-corrected chi connectivity index (χ0v) is 12.1. The van der Waals surface area contributed by atoms with Gasteiger partial charge in [-0.1, -0.05) is 6.92 Å². The molecule has 0 N–H and O–H groups in total. The van der Waals surface area contributed by atoms with Crippen LogP contribution in [0.1, 0.15) is 47.0 Å². The van der Waals surface area contributed by atoms with Crippen LogP contribution in [0.15, 0.2) is 0 Å². The minimum Gasteiger partial charge on any atom is -0.370 e. The normalized spacial score (nSPS) is 41.3. The first kappa shape index (κ1) is 13.8. The largest absolute Gasteiger partial charge is 0.370 e. The summed E-state index contributed by atoms with van der Waals surface area (Å²) in [6.07, 6.45) is 3.71. The predicted octanol–water partition coefficient (Wildman–Crippen LogP) is 2.81. The fraction of sp³-hybridized carbons (Fsp3) is 0.933. The van der Waals surface area contributed by atoms with E-state index in [2.05, 4.69) is 38.7 Å². The zero-order chi connectivity index (χ0) is 13.3. The molecule has 0 aromatic heterocycles. The molecule has 2 fully saturated rings. The second-order valence-corrected chi connectivity index (χ2v) is 6.84. The van der Waals surface area contributed by atoms with Gasteiger partial charge in [-0.15, -0.1) is 0 Å². The molecule has 0 spiro atoms. The Kier molecular flexibility index (Phi) is 3.99. The van der Waals surface area contributed by atoms with Gasteiger partial charge in [0.25, 0.3) is 0 Å². The van der Waals surface area contributed by atoms with Crippen LogP contribution >= 0.6 is 0 Å². The van der Waals surface area contributed by atoms with E-state index < -0.39 is 0 Å². The molecule has 0 bridgehead atoms.